The standard InChI is InChI=1S/C15H12N4O4/c1-18-12-7-13(19(22)23)11(5-10(12)6-14(18)20)17-15(21)9-3-2-4-16-8-9/h2-5,7-8H,6H2,1H3,(H,17,21). The van der Waals surface area contributed by atoms with Gasteiger partial charge in [0.05, 0.1) is 22.6 Å². The summed E-state index contributed by atoms with van der Waals surface area (Å²) in [7, 11) is 1.56. The van der Waals surface area contributed by atoms with Crippen LogP contribution in [-0.2, 0) is 11.2 Å². The Morgan fingerprint density at radius 1 is 1.43 bits per heavy atom. The zero-order valence-electron chi connectivity index (χ0n) is 12.1. The average Bonchev–Trinajstić information content (AvgIpc) is 2.81. The molecule has 0 bridgehead atoms. The largest absolute Gasteiger partial charge is 0.316 e. The maximum atomic E-state index is 12.2. The number of aromatic nitrogens is 1. The Hall–Kier alpha value is -3.29. The summed E-state index contributed by atoms with van der Waals surface area (Å²) in [5.41, 5.74) is 1.22. The zero-order valence-corrected chi connectivity index (χ0v) is 12.1. The van der Waals surface area contributed by atoms with Crippen LogP contribution in [0.1, 0.15) is 15.9 Å². The Bertz CT molecular complexity index is 820. The van der Waals surface area contributed by atoms with E-state index in [1.165, 1.54) is 29.4 Å². The van der Waals surface area contributed by atoms with E-state index in [4.69, 9.17) is 0 Å². The van der Waals surface area contributed by atoms with Gasteiger partial charge in [0, 0.05) is 25.5 Å². The van der Waals surface area contributed by atoms with Gasteiger partial charge in [-0.15, -0.1) is 0 Å². The molecule has 1 aromatic carbocycles. The van der Waals surface area contributed by atoms with Gasteiger partial charge in [0.2, 0.25) is 5.91 Å². The van der Waals surface area contributed by atoms with Gasteiger partial charge < -0.3 is 10.2 Å². The Kier molecular flexibility index (Phi) is 3.49. The fourth-order valence-corrected chi connectivity index (χ4v) is 2.43. The number of nitro benzene ring substituents is 1. The Labute approximate surface area is 130 Å². The first-order valence-electron chi connectivity index (χ1n) is 6.76. The van der Waals surface area contributed by atoms with Crippen LogP contribution < -0.4 is 10.2 Å². The molecule has 0 spiro atoms. The van der Waals surface area contributed by atoms with Gasteiger partial charge in [-0.05, 0) is 23.8 Å². The number of nitrogens with zero attached hydrogens (tertiary/aromatic N) is 3. The van der Waals surface area contributed by atoms with Crippen molar-refractivity contribution in [2.75, 3.05) is 17.3 Å². The smallest absolute Gasteiger partial charge is 0.294 e. The van der Waals surface area contributed by atoms with Crippen molar-refractivity contribution in [3.05, 3.63) is 57.9 Å². The molecule has 1 aromatic heterocycles. The molecule has 1 N–H and O–H groups in total. The molecule has 0 saturated carbocycles. The van der Waals surface area contributed by atoms with Crippen LogP contribution in [0.4, 0.5) is 17.1 Å². The summed E-state index contributed by atoms with van der Waals surface area (Å²) in [5, 5.41) is 13.8. The Balaban J connectivity index is 1.99. The van der Waals surface area contributed by atoms with Gasteiger partial charge in [0.25, 0.3) is 11.6 Å². The lowest BCUT2D eigenvalue weighted by Gasteiger charge is -2.12. The number of amides is 2. The molecule has 0 atom stereocenters. The molecule has 2 heterocycles. The number of carbonyl (C=O) groups is 2. The van der Waals surface area contributed by atoms with Gasteiger partial charge in [-0.25, -0.2) is 0 Å². The second kappa shape index (κ2) is 5.48. The van der Waals surface area contributed by atoms with Crippen LogP contribution in [0, 0.1) is 10.1 Å². The summed E-state index contributed by atoms with van der Waals surface area (Å²) in [6.07, 6.45) is 3.04. The minimum Gasteiger partial charge on any atom is -0.316 e. The second-order valence-electron chi connectivity index (χ2n) is 5.08. The number of nitro groups is 1. The van der Waals surface area contributed by atoms with Crippen molar-refractivity contribution in [3.8, 4) is 0 Å². The normalized spacial score (nSPS) is 12.9. The highest BCUT2D eigenvalue weighted by molar-refractivity contribution is 6.07. The highest BCUT2D eigenvalue weighted by Crippen LogP contribution is 2.37. The molecule has 0 aliphatic carbocycles. The van der Waals surface area contributed by atoms with E-state index in [-0.39, 0.29) is 29.3 Å². The number of rotatable bonds is 3. The van der Waals surface area contributed by atoms with Crippen LogP contribution in [-0.4, -0.2) is 28.8 Å². The van der Waals surface area contributed by atoms with Crippen molar-refractivity contribution in [2.24, 2.45) is 0 Å². The van der Waals surface area contributed by atoms with E-state index < -0.39 is 10.8 Å². The van der Waals surface area contributed by atoms with Crippen LogP contribution in [0.5, 0.6) is 0 Å². The predicted molar refractivity (Wildman–Crippen MR) is 82.4 cm³/mol. The summed E-state index contributed by atoms with van der Waals surface area (Å²) in [6.45, 7) is 0. The number of hydrogen-bond donors (Lipinski definition) is 1. The van der Waals surface area contributed by atoms with Crippen molar-refractivity contribution in [1.82, 2.24) is 4.98 Å². The fraction of sp³-hybridized carbons (Fsp3) is 0.133. The highest BCUT2D eigenvalue weighted by Gasteiger charge is 2.29. The average molecular weight is 312 g/mol. The van der Waals surface area contributed by atoms with Gasteiger partial charge in [0.1, 0.15) is 5.69 Å². The van der Waals surface area contributed by atoms with Crippen LogP contribution in [0.15, 0.2) is 36.7 Å². The first-order valence-corrected chi connectivity index (χ1v) is 6.76. The molecule has 2 aromatic rings. The first kappa shape index (κ1) is 14.6. The molecule has 3 rings (SSSR count). The number of likely N-dealkylation sites (N-methyl/N-ethyl adjacent to an activating group) is 1. The van der Waals surface area contributed by atoms with Crippen LogP contribution in [0.3, 0.4) is 0 Å². The van der Waals surface area contributed by atoms with E-state index in [2.05, 4.69) is 10.3 Å². The summed E-state index contributed by atoms with van der Waals surface area (Å²) >= 11 is 0. The van der Waals surface area contributed by atoms with Gasteiger partial charge in [-0.1, -0.05) is 0 Å². The summed E-state index contributed by atoms with van der Waals surface area (Å²) in [6, 6.07) is 5.93. The van der Waals surface area contributed by atoms with Crippen molar-refractivity contribution in [2.45, 2.75) is 6.42 Å². The second-order valence-corrected chi connectivity index (χ2v) is 5.08. The van der Waals surface area contributed by atoms with E-state index in [1.807, 2.05) is 0 Å². The lowest BCUT2D eigenvalue weighted by atomic mass is 10.1. The molecular formula is C15H12N4O4. The monoisotopic (exact) mass is 312 g/mol. The molecule has 116 valence electrons. The maximum absolute atomic E-state index is 12.2. The predicted octanol–water partition coefficient (Wildman–Crippen LogP) is 1.76. The molecule has 0 unspecified atom stereocenters. The highest BCUT2D eigenvalue weighted by atomic mass is 16.6. The number of nitrogens with one attached hydrogen (secondary N) is 1. The van der Waals surface area contributed by atoms with Crippen LogP contribution >= 0.6 is 0 Å². The minimum atomic E-state index is -0.588. The van der Waals surface area contributed by atoms with Crippen molar-refractivity contribution in [3.63, 3.8) is 0 Å². The molecular weight excluding hydrogens is 300 g/mol. The molecule has 2 amide bonds. The first-order chi connectivity index (χ1) is 11.0. The van der Waals surface area contributed by atoms with Gasteiger partial charge in [0.15, 0.2) is 0 Å². The third-order valence-corrected chi connectivity index (χ3v) is 3.64. The van der Waals surface area contributed by atoms with Crippen molar-refractivity contribution in [1.29, 1.82) is 0 Å². The number of pyridine rings is 1. The third kappa shape index (κ3) is 2.61. The molecule has 0 radical (unpaired) electrons. The van der Waals surface area contributed by atoms with Crippen LogP contribution in [0.25, 0.3) is 0 Å². The number of hydrogen-bond acceptors (Lipinski definition) is 5. The van der Waals surface area contributed by atoms with Gasteiger partial charge >= 0.3 is 0 Å². The topological polar surface area (TPSA) is 105 Å². The fourth-order valence-electron chi connectivity index (χ4n) is 2.43. The molecule has 1 aliphatic rings. The summed E-state index contributed by atoms with van der Waals surface area (Å²) < 4.78 is 0. The Morgan fingerprint density at radius 3 is 2.87 bits per heavy atom. The number of anilines is 2. The van der Waals surface area contributed by atoms with Gasteiger partial charge in [-0.3, -0.25) is 24.7 Å². The van der Waals surface area contributed by atoms with Crippen molar-refractivity contribution >= 4 is 28.9 Å². The van der Waals surface area contributed by atoms with E-state index in [0.717, 1.165) is 0 Å². The number of benzene rings is 1. The molecule has 1 aliphatic heterocycles. The van der Waals surface area contributed by atoms with E-state index >= 15 is 0 Å². The van der Waals surface area contributed by atoms with E-state index in [9.17, 15) is 19.7 Å². The lowest BCUT2D eigenvalue weighted by Crippen LogP contribution is -2.20. The van der Waals surface area contributed by atoms with Gasteiger partial charge in [-0.2, -0.15) is 0 Å². The van der Waals surface area contributed by atoms with E-state index in [0.29, 0.717) is 11.3 Å². The molecule has 8 nitrogen and oxygen atoms in total. The zero-order chi connectivity index (χ0) is 16.6. The summed E-state index contributed by atoms with van der Waals surface area (Å²) in [5.74, 6) is -0.649. The minimum absolute atomic E-state index is 0.0608. The number of fused-ring (bicyclic) bond motifs is 1. The van der Waals surface area contributed by atoms with Crippen LogP contribution in [0.2, 0.25) is 0 Å². The quantitative estimate of drug-likeness (QED) is 0.686. The van der Waals surface area contributed by atoms with E-state index in [1.54, 1.807) is 19.2 Å². The molecule has 0 fully saturated rings. The summed E-state index contributed by atoms with van der Waals surface area (Å²) in [4.78, 5) is 39.8. The molecule has 23 heavy (non-hydrogen) atoms. The SMILES string of the molecule is CN1C(=O)Cc2cc(NC(=O)c3cccnc3)c([N+](=O)[O-])cc21. The number of carbonyl (C=O) groups excluding carboxylic acids is 2. The van der Waals surface area contributed by atoms with Crippen molar-refractivity contribution < 1.29 is 14.5 Å². The Morgan fingerprint density at radius 2 is 2.22 bits per heavy atom. The third-order valence-electron chi connectivity index (χ3n) is 3.64. The molecule has 8 heteroatoms. The lowest BCUT2D eigenvalue weighted by molar-refractivity contribution is -0.383. The maximum Gasteiger partial charge on any atom is 0.294 e. The molecule has 0 saturated heterocycles.